The van der Waals surface area contributed by atoms with Crippen molar-refractivity contribution in [2.75, 3.05) is 0 Å². The molecule has 0 fully saturated rings. The van der Waals surface area contributed by atoms with Crippen LogP contribution in [0.4, 0.5) is 39.5 Å². The van der Waals surface area contributed by atoms with E-state index in [1.807, 2.05) is 6.92 Å². The summed E-state index contributed by atoms with van der Waals surface area (Å²) >= 11 is 0. The Hall–Kier alpha value is -4.39. The highest BCUT2D eigenvalue weighted by molar-refractivity contribution is 5.66. The van der Waals surface area contributed by atoms with E-state index < -0.39 is 63.7 Å². The topological polar surface area (TPSA) is 9.23 Å². The van der Waals surface area contributed by atoms with Crippen LogP contribution in [-0.4, -0.2) is 0 Å². The van der Waals surface area contributed by atoms with Gasteiger partial charge in [-0.2, -0.15) is 8.78 Å². The lowest BCUT2D eigenvalue weighted by Gasteiger charge is -2.20. The molecule has 0 heterocycles. The number of rotatable bonds is 7. The molecule has 0 atom stereocenters. The number of halogens is 9. The van der Waals surface area contributed by atoms with Gasteiger partial charge in [-0.25, -0.2) is 30.7 Å². The first-order chi connectivity index (χ1) is 19.4. The van der Waals surface area contributed by atoms with Gasteiger partial charge in [-0.15, -0.1) is 0 Å². The van der Waals surface area contributed by atoms with E-state index in [0.29, 0.717) is 12.1 Å². The van der Waals surface area contributed by atoms with Crippen molar-refractivity contribution in [2.24, 2.45) is 0 Å². The summed E-state index contributed by atoms with van der Waals surface area (Å²) in [5.74, 6) is -6.96. The van der Waals surface area contributed by atoms with Crippen molar-refractivity contribution in [1.82, 2.24) is 0 Å². The van der Waals surface area contributed by atoms with Crippen LogP contribution in [0.15, 0.2) is 60.7 Å². The van der Waals surface area contributed by atoms with Crippen LogP contribution in [0.1, 0.15) is 42.0 Å². The Balaban J connectivity index is 1.58. The quantitative estimate of drug-likeness (QED) is 0.121. The van der Waals surface area contributed by atoms with Crippen LogP contribution in [-0.2, 0) is 12.5 Å². The van der Waals surface area contributed by atoms with E-state index in [0.717, 1.165) is 37.0 Å². The van der Waals surface area contributed by atoms with Crippen LogP contribution >= 0.6 is 0 Å². The molecule has 212 valence electrons. The van der Waals surface area contributed by atoms with Gasteiger partial charge in [0, 0.05) is 23.3 Å². The Morgan fingerprint density at radius 1 is 0.683 bits per heavy atom. The molecule has 0 bridgehead atoms. The molecule has 10 heteroatoms. The van der Waals surface area contributed by atoms with Gasteiger partial charge < -0.3 is 4.74 Å². The van der Waals surface area contributed by atoms with Crippen molar-refractivity contribution < 1.29 is 44.3 Å². The van der Waals surface area contributed by atoms with Crippen LogP contribution in [0.25, 0.3) is 11.1 Å². The van der Waals surface area contributed by atoms with Crippen molar-refractivity contribution >= 4 is 0 Å². The average Bonchev–Trinajstić information content (AvgIpc) is 2.89. The van der Waals surface area contributed by atoms with Crippen molar-refractivity contribution in [3.63, 3.8) is 0 Å². The molecule has 4 aromatic rings. The number of benzene rings is 4. The largest absolute Gasteiger partial charge is 0.432 e. The molecule has 0 N–H and O–H groups in total. The van der Waals surface area contributed by atoms with Gasteiger partial charge in [-0.05, 0) is 60.4 Å². The average molecular weight is 578 g/mol. The fourth-order valence-corrected chi connectivity index (χ4v) is 3.96. The molecule has 0 aliphatic carbocycles. The zero-order valence-corrected chi connectivity index (χ0v) is 21.2. The Labute approximate surface area is 229 Å². The molecule has 0 aliphatic heterocycles. The van der Waals surface area contributed by atoms with Crippen LogP contribution in [0.5, 0.6) is 5.75 Å². The van der Waals surface area contributed by atoms with Crippen molar-refractivity contribution in [3.05, 3.63) is 124 Å². The lowest BCUT2D eigenvalue weighted by molar-refractivity contribution is -0.189. The normalized spacial score (nSPS) is 11.3. The Kier molecular flexibility index (Phi) is 8.66. The van der Waals surface area contributed by atoms with Crippen LogP contribution in [0.3, 0.4) is 0 Å². The van der Waals surface area contributed by atoms with Crippen molar-refractivity contribution in [1.29, 1.82) is 0 Å². The van der Waals surface area contributed by atoms with Crippen LogP contribution in [0, 0.1) is 52.6 Å². The lowest BCUT2D eigenvalue weighted by Crippen LogP contribution is -2.25. The Morgan fingerprint density at radius 2 is 1.34 bits per heavy atom. The van der Waals surface area contributed by atoms with Gasteiger partial charge in [0.05, 0.1) is 5.56 Å². The third-order valence-corrected chi connectivity index (χ3v) is 6.01. The van der Waals surface area contributed by atoms with Crippen molar-refractivity contribution in [2.45, 2.75) is 32.3 Å². The molecule has 0 amide bonds. The second-order valence-corrected chi connectivity index (χ2v) is 9.00. The fraction of sp³-hybridized carbons (Fsp3) is 0.161. The summed E-state index contributed by atoms with van der Waals surface area (Å²) in [6, 6.07) is 8.93. The second-order valence-electron chi connectivity index (χ2n) is 9.00. The summed E-state index contributed by atoms with van der Waals surface area (Å²) < 4.78 is 132. The number of unbranched alkanes of at least 4 members (excludes halogenated alkanes) is 1. The predicted octanol–water partition coefficient (Wildman–Crippen LogP) is 9.20. The van der Waals surface area contributed by atoms with E-state index in [4.69, 9.17) is 0 Å². The minimum Gasteiger partial charge on any atom is -0.429 e. The standard InChI is InChI=1S/C31H19F9O/c1-2-3-4-17-5-8-19(23(32)11-17)9-6-18-7-10-22(24(33)12-18)20-13-25(34)29(26(35)14-20)31(39,40)41-21-15-27(36)30(38)28(37)16-21/h5,7-8,10-16H,2-4H2,1H3. The van der Waals surface area contributed by atoms with Gasteiger partial charge in [0.25, 0.3) is 0 Å². The minimum absolute atomic E-state index is 0.0767. The van der Waals surface area contributed by atoms with Gasteiger partial charge >= 0.3 is 6.11 Å². The van der Waals surface area contributed by atoms with Gasteiger partial charge in [0.15, 0.2) is 17.5 Å². The number of hydrogen-bond acceptors (Lipinski definition) is 1. The third kappa shape index (κ3) is 6.68. The third-order valence-electron chi connectivity index (χ3n) is 6.01. The zero-order chi connectivity index (χ0) is 29.9. The smallest absolute Gasteiger partial charge is 0.429 e. The number of aryl methyl sites for hydroxylation is 1. The number of alkyl halides is 2. The van der Waals surface area contributed by atoms with Gasteiger partial charge in [-0.3, -0.25) is 0 Å². The zero-order valence-electron chi connectivity index (χ0n) is 21.2. The highest BCUT2D eigenvalue weighted by Gasteiger charge is 2.41. The molecule has 0 aliphatic rings. The molecule has 0 aromatic heterocycles. The molecular formula is C31H19F9O. The van der Waals surface area contributed by atoms with Gasteiger partial charge in [0.1, 0.15) is 34.6 Å². The molecular weight excluding hydrogens is 559 g/mol. The van der Waals surface area contributed by atoms with Crippen LogP contribution < -0.4 is 4.74 Å². The van der Waals surface area contributed by atoms with E-state index in [1.54, 1.807) is 6.07 Å². The lowest BCUT2D eigenvalue weighted by atomic mass is 10.00. The summed E-state index contributed by atoms with van der Waals surface area (Å²) in [5.41, 5.74) is -1.72. The van der Waals surface area contributed by atoms with E-state index >= 15 is 0 Å². The maximum atomic E-state index is 14.8. The summed E-state index contributed by atoms with van der Waals surface area (Å²) in [6.07, 6.45) is -2.21. The first-order valence-corrected chi connectivity index (χ1v) is 12.2. The molecule has 1 nitrogen and oxygen atoms in total. The van der Waals surface area contributed by atoms with E-state index in [-0.39, 0.29) is 28.8 Å². The summed E-state index contributed by atoms with van der Waals surface area (Å²) in [4.78, 5) is 0. The molecule has 0 unspecified atom stereocenters. The molecule has 0 radical (unpaired) electrons. The molecule has 0 saturated heterocycles. The van der Waals surface area contributed by atoms with Gasteiger partial charge in [-0.1, -0.05) is 37.3 Å². The molecule has 41 heavy (non-hydrogen) atoms. The Morgan fingerprint density at radius 3 is 1.93 bits per heavy atom. The van der Waals surface area contributed by atoms with Crippen LogP contribution in [0.2, 0.25) is 0 Å². The minimum atomic E-state index is -4.79. The second kappa shape index (κ2) is 12.0. The van der Waals surface area contributed by atoms with E-state index in [2.05, 4.69) is 16.6 Å². The Bertz CT molecular complexity index is 1620. The van der Waals surface area contributed by atoms with E-state index in [9.17, 15) is 39.5 Å². The summed E-state index contributed by atoms with van der Waals surface area (Å²) in [7, 11) is 0. The predicted molar refractivity (Wildman–Crippen MR) is 134 cm³/mol. The first-order valence-electron chi connectivity index (χ1n) is 12.2. The summed E-state index contributed by atoms with van der Waals surface area (Å²) in [6.45, 7) is 2.02. The monoisotopic (exact) mass is 578 g/mol. The van der Waals surface area contributed by atoms with E-state index in [1.165, 1.54) is 18.2 Å². The van der Waals surface area contributed by atoms with Gasteiger partial charge in [0.2, 0.25) is 0 Å². The maximum absolute atomic E-state index is 14.8. The highest BCUT2D eigenvalue weighted by atomic mass is 19.3. The molecule has 0 spiro atoms. The fourth-order valence-electron chi connectivity index (χ4n) is 3.96. The maximum Gasteiger partial charge on any atom is 0.432 e. The summed E-state index contributed by atoms with van der Waals surface area (Å²) in [5, 5.41) is 0. The SMILES string of the molecule is CCCCc1ccc(C#Cc2ccc(-c3cc(F)c(C(F)(F)Oc4cc(F)c(F)c(F)c4)c(F)c3)c(F)c2)c(F)c1. The molecule has 0 saturated carbocycles. The molecule has 4 rings (SSSR count). The molecule has 4 aromatic carbocycles. The number of hydrogen-bond donors (Lipinski definition) is 0. The highest BCUT2D eigenvalue weighted by Crippen LogP contribution is 2.38. The van der Waals surface area contributed by atoms with Crippen molar-refractivity contribution in [3.8, 4) is 28.7 Å². The number of ether oxygens (including phenoxy) is 1. The first kappa shape index (κ1) is 29.6.